The Morgan fingerprint density at radius 2 is 1.83 bits per heavy atom. The smallest absolute Gasteiger partial charge is 0.308 e. The van der Waals surface area contributed by atoms with Crippen molar-refractivity contribution in [2.45, 2.75) is 5.37 Å². The monoisotopic (exact) mass is 386 g/mol. The molecule has 1 atom stereocenters. The minimum absolute atomic E-state index is 0.0741. The molecule has 2 aromatic rings. The van der Waals surface area contributed by atoms with Crippen LogP contribution >= 0.6 is 46.6 Å². The van der Waals surface area contributed by atoms with Crippen LogP contribution in [0.5, 0.6) is 0 Å². The van der Waals surface area contributed by atoms with Crippen molar-refractivity contribution in [2.75, 3.05) is 17.6 Å². The SMILES string of the molecule is O=C(Nc1c(Cl)cccc1Cl)N1CCS[C@@H]1c1cccc(Cl)c1. The van der Waals surface area contributed by atoms with Gasteiger partial charge in [0.25, 0.3) is 0 Å². The zero-order valence-corrected chi connectivity index (χ0v) is 15.0. The van der Waals surface area contributed by atoms with Crippen molar-refractivity contribution in [3.05, 3.63) is 63.1 Å². The summed E-state index contributed by atoms with van der Waals surface area (Å²) < 4.78 is 0. The van der Waals surface area contributed by atoms with Crippen molar-refractivity contribution in [2.24, 2.45) is 0 Å². The van der Waals surface area contributed by atoms with Gasteiger partial charge in [0.1, 0.15) is 5.37 Å². The van der Waals surface area contributed by atoms with Crippen molar-refractivity contribution >= 4 is 58.3 Å². The van der Waals surface area contributed by atoms with Crippen LogP contribution in [-0.2, 0) is 0 Å². The molecule has 0 aromatic heterocycles. The van der Waals surface area contributed by atoms with Gasteiger partial charge in [-0.25, -0.2) is 4.79 Å². The summed E-state index contributed by atoms with van der Waals surface area (Å²) in [5.41, 5.74) is 1.43. The molecule has 0 bridgehead atoms. The number of halogens is 3. The number of nitrogens with one attached hydrogen (secondary N) is 1. The Kier molecular flexibility index (Phi) is 5.27. The van der Waals surface area contributed by atoms with Crippen LogP contribution in [0.3, 0.4) is 0 Å². The van der Waals surface area contributed by atoms with Gasteiger partial charge in [-0.3, -0.25) is 0 Å². The lowest BCUT2D eigenvalue weighted by atomic mass is 10.2. The lowest BCUT2D eigenvalue weighted by Gasteiger charge is -2.25. The second-order valence-electron chi connectivity index (χ2n) is 5.00. The Morgan fingerprint density at radius 3 is 2.52 bits per heavy atom. The van der Waals surface area contributed by atoms with Gasteiger partial charge >= 0.3 is 6.03 Å². The van der Waals surface area contributed by atoms with Crippen LogP contribution in [0.1, 0.15) is 10.9 Å². The van der Waals surface area contributed by atoms with Crippen molar-refractivity contribution in [3.8, 4) is 0 Å². The molecule has 1 heterocycles. The number of benzene rings is 2. The summed E-state index contributed by atoms with van der Waals surface area (Å²) in [6.07, 6.45) is 0. The lowest BCUT2D eigenvalue weighted by Crippen LogP contribution is -2.34. The average molecular weight is 388 g/mol. The van der Waals surface area contributed by atoms with Crippen molar-refractivity contribution in [1.82, 2.24) is 4.90 Å². The number of para-hydroxylation sites is 1. The maximum Gasteiger partial charge on any atom is 0.323 e. The van der Waals surface area contributed by atoms with Crippen LogP contribution in [0.15, 0.2) is 42.5 Å². The van der Waals surface area contributed by atoms with E-state index in [1.54, 1.807) is 34.9 Å². The first-order chi connectivity index (χ1) is 11.1. The number of thioether (sulfide) groups is 1. The maximum absolute atomic E-state index is 12.6. The summed E-state index contributed by atoms with van der Waals surface area (Å²) >= 11 is 20.0. The molecule has 0 radical (unpaired) electrons. The molecule has 1 saturated heterocycles. The Balaban J connectivity index is 1.81. The summed E-state index contributed by atoms with van der Waals surface area (Å²) in [6.45, 7) is 0.649. The molecule has 1 fully saturated rings. The highest BCUT2D eigenvalue weighted by atomic mass is 35.5. The third-order valence-electron chi connectivity index (χ3n) is 3.48. The summed E-state index contributed by atoms with van der Waals surface area (Å²) in [7, 11) is 0. The summed E-state index contributed by atoms with van der Waals surface area (Å²) in [6, 6.07) is 12.4. The summed E-state index contributed by atoms with van der Waals surface area (Å²) in [5, 5.41) is 4.22. The van der Waals surface area contributed by atoms with Gasteiger partial charge in [0.05, 0.1) is 15.7 Å². The molecule has 0 unspecified atom stereocenters. The quantitative estimate of drug-likeness (QED) is 0.693. The van der Waals surface area contributed by atoms with E-state index in [0.29, 0.717) is 27.3 Å². The van der Waals surface area contributed by atoms with Crippen molar-refractivity contribution in [3.63, 3.8) is 0 Å². The molecular weight excluding hydrogens is 375 g/mol. The number of urea groups is 1. The molecule has 1 aliphatic rings. The van der Waals surface area contributed by atoms with Gasteiger partial charge in [-0.05, 0) is 29.8 Å². The van der Waals surface area contributed by atoms with Crippen molar-refractivity contribution in [1.29, 1.82) is 0 Å². The predicted molar refractivity (Wildman–Crippen MR) is 98.8 cm³/mol. The van der Waals surface area contributed by atoms with E-state index in [-0.39, 0.29) is 11.4 Å². The van der Waals surface area contributed by atoms with E-state index in [2.05, 4.69) is 5.32 Å². The molecule has 23 heavy (non-hydrogen) atoms. The van der Waals surface area contributed by atoms with Gasteiger partial charge in [0, 0.05) is 17.3 Å². The van der Waals surface area contributed by atoms with Gasteiger partial charge in [0.15, 0.2) is 0 Å². The second kappa shape index (κ2) is 7.22. The largest absolute Gasteiger partial charge is 0.323 e. The molecule has 3 rings (SSSR count). The molecule has 2 aromatic carbocycles. The first-order valence-corrected chi connectivity index (χ1v) is 9.13. The van der Waals surface area contributed by atoms with Gasteiger partial charge in [-0.2, -0.15) is 0 Å². The lowest BCUT2D eigenvalue weighted by molar-refractivity contribution is 0.214. The highest BCUT2D eigenvalue weighted by Crippen LogP contribution is 2.39. The van der Waals surface area contributed by atoms with Gasteiger partial charge in [0.2, 0.25) is 0 Å². The van der Waals surface area contributed by atoms with Gasteiger partial charge in [-0.15, -0.1) is 11.8 Å². The third kappa shape index (κ3) is 3.72. The number of carbonyl (C=O) groups excluding carboxylic acids is 1. The third-order valence-corrected chi connectivity index (χ3v) is 5.61. The number of anilines is 1. The zero-order chi connectivity index (χ0) is 16.4. The van der Waals surface area contributed by atoms with E-state index < -0.39 is 0 Å². The highest BCUT2D eigenvalue weighted by molar-refractivity contribution is 7.99. The normalized spacial score (nSPS) is 17.3. The minimum Gasteiger partial charge on any atom is -0.308 e. The number of nitrogens with zero attached hydrogens (tertiary/aromatic N) is 1. The fourth-order valence-corrected chi connectivity index (χ4v) is 4.35. The molecule has 0 spiro atoms. The molecule has 3 nitrogen and oxygen atoms in total. The summed E-state index contributed by atoms with van der Waals surface area (Å²) in [5.74, 6) is 0.862. The van der Waals surface area contributed by atoms with Crippen LogP contribution in [-0.4, -0.2) is 23.2 Å². The topological polar surface area (TPSA) is 32.3 Å². The van der Waals surface area contributed by atoms with Gasteiger partial charge < -0.3 is 10.2 Å². The van der Waals surface area contributed by atoms with Crippen LogP contribution < -0.4 is 5.32 Å². The van der Waals surface area contributed by atoms with E-state index in [1.807, 2.05) is 24.3 Å². The zero-order valence-electron chi connectivity index (χ0n) is 11.9. The van der Waals surface area contributed by atoms with E-state index in [4.69, 9.17) is 34.8 Å². The Labute approximate surface area is 153 Å². The molecule has 120 valence electrons. The van der Waals surface area contributed by atoms with E-state index >= 15 is 0 Å². The number of hydrogen-bond acceptors (Lipinski definition) is 2. The highest BCUT2D eigenvalue weighted by Gasteiger charge is 2.31. The number of rotatable bonds is 2. The molecule has 1 aliphatic heterocycles. The van der Waals surface area contributed by atoms with E-state index in [9.17, 15) is 4.79 Å². The first kappa shape index (κ1) is 16.8. The Hall–Kier alpha value is -1.07. The van der Waals surface area contributed by atoms with Crippen LogP contribution in [0.25, 0.3) is 0 Å². The molecule has 7 heteroatoms. The van der Waals surface area contributed by atoms with Crippen LogP contribution in [0, 0.1) is 0 Å². The standard InChI is InChI=1S/C16H13Cl3N2OS/c17-11-4-1-3-10(9-11)15-21(7-8-23-15)16(22)20-14-12(18)5-2-6-13(14)19/h1-6,9,15H,7-8H2,(H,20,22)/t15-/m1/s1. The molecule has 0 aliphatic carbocycles. The Morgan fingerprint density at radius 1 is 1.13 bits per heavy atom. The first-order valence-electron chi connectivity index (χ1n) is 6.95. The summed E-state index contributed by atoms with van der Waals surface area (Å²) in [4.78, 5) is 14.4. The predicted octanol–water partition coefficient (Wildman–Crippen LogP) is 5.93. The Bertz CT molecular complexity index is 721. The molecule has 1 N–H and O–H groups in total. The van der Waals surface area contributed by atoms with Gasteiger partial charge in [-0.1, -0.05) is 53.0 Å². The fraction of sp³-hybridized carbons (Fsp3) is 0.188. The number of hydrogen-bond donors (Lipinski definition) is 1. The maximum atomic E-state index is 12.6. The average Bonchev–Trinajstić information content (AvgIpc) is 3.00. The van der Waals surface area contributed by atoms with Crippen LogP contribution in [0.4, 0.5) is 10.5 Å². The minimum atomic E-state index is -0.227. The van der Waals surface area contributed by atoms with Crippen molar-refractivity contribution < 1.29 is 4.79 Å². The second-order valence-corrected chi connectivity index (χ2v) is 7.44. The molecule has 2 amide bonds. The number of carbonyl (C=O) groups is 1. The van der Waals surface area contributed by atoms with E-state index in [1.165, 1.54) is 0 Å². The molecule has 0 saturated carbocycles. The molecular formula is C16H13Cl3N2OS. The number of amides is 2. The van der Waals surface area contributed by atoms with E-state index in [0.717, 1.165) is 11.3 Å². The fourth-order valence-electron chi connectivity index (χ4n) is 2.41. The van der Waals surface area contributed by atoms with Crippen LogP contribution in [0.2, 0.25) is 15.1 Å².